The Labute approximate surface area is 100 Å². The van der Waals surface area contributed by atoms with Gasteiger partial charge in [0.15, 0.2) is 11.6 Å². The summed E-state index contributed by atoms with van der Waals surface area (Å²) in [6.07, 6.45) is 0.944. The SMILES string of the molecule is COc1cc(N2CCCOCC2)c(N)cc1F. The van der Waals surface area contributed by atoms with Crippen LogP contribution in [-0.2, 0) is 4.74 Å². The van der Waals surface area contributed by atoms with Crippen LogP contribution in [-0.4, -0.2) is 33.4 Å². The zero-order valence-corrected chi connectivity index (χ0v) is 9.91. The molecular formula is C12H17FN2O2. The number of hydrogen-bond acceptors (Lipinski definition) is 4. The van der Waals surface area contributed by atoms with Crippen LogP contribution in [0.15, 0.2) is 12.1 Å². The largest absolute Gasteiger partial charge is 0.494 e. The van der Waals surface area contributed by atoms with Crippen LogP contribution < -0.4 is 15.4 Å². The molecule has 2 N–H and O–H groups in total. The van der Waals surface area contributed by atoms with Gasteiger partial charge in [0, 0.05) is 31.8 Å². The number of halogens is 1. The lowest BCUT2D eigenvalue weighted by molar-refractivity contribution is 0.152. The van der Waals surface area contributed by atoms with Crippen LogP contribution in [0.3, 0.4) is 0 Å². The average molecular weight is 240 g/mol. The van der Waals surface area contributed by atoms with Gasteiger partial charge < -0.3 is 20.1 Å². The highest BCUT2D eigenvalue weighted by atomic mass is 19.1. The molecule has 1 aromatic carbocycles. The van der Waals surface area contributed by atoms with Gasteiger partial charge in [0.2, 0.25) is 0 Å². The van der Waals surface area contributed by atoms with Crippen LogP contribution in [0, 0.1) is 5.82 Å². The van der Waals surface area contributed by atoms with E-state index in [1.54, 1.807) is 6.07 Å². The Morgan fingerprint density at radius 1 is 1.35 bits per heavy atom. The maximum atomic E-state index is 13.4. The minimum Gasteiger partial charge on any atom is -0.494 e. The smallest absolute Gasteiger partial charge is 0.167 e. The second-order valence-electron chi connectivity index (χ2n) is 4.00. The molecule has 17 heavy (non-hydrogen) atoms. The minimum atomic E-state index is -0.431. The van der Waals surface area contributed by atoms with Crippen molar-refractivity contribution in [2.45, 2.75) is 6.42 Å². The van der Waals surface area contributed by atoms with Crippen LogP contribution in [0.25, 0.3) is 0 Å². The Hall–Kier alpha value is -1.49. The van der Waals surface area contributed by atoms with Crippen molar-refractivity contribution in [3.8, 4) is 5.75 Å². The van der Waals surface area contributed by atoms with Gasteiger partial charge >= 0.3 is 0 Å². The van der Waals surface area contributed by atoms with E-state index in [4.69, 9.17) is 15.2 Å². The molecule has 0 atom stereocenters. The highest BCUT2D eigenvalue weighted by molar-refractivity contribution is 5.70. The van der Waals surface area contributed by atoms with Crippen molar-refractivity contribution < 1.29 is 13.9 Å². The Balaban J connectivity index is 2.29. The molecule has 0 aromatic heterocycles. The van der Waals surface area contributed by atoms with Gasteiger partial charge in [-0.1, -0.05) is 0 Å². The normalized spacial score (nSPS) is 16.7. The third-order valence-corrected chi connectivity index (χ3v) is 2.86. The predicted octanol–water partition coefficient (Wildman–Crippen LogP) is 1.64. The van der Waals surface area contributed by atoms with Gasteiger partial charge in [0.25, 0.3) is 0 Å². The lowest BCUT2D eigenvalue weighted by Crippen LogP contribution is -2.26. The Morgan fingerprint density at radius 2 is 2.18 bits per heavy atom. The lowest BCUT2D eigenvalue weighted by Gasteiger charge is -2.24. The van der Waals surface area contributed by atoms with Gasteiger partial charge in [-0.3, -0.25) is 0 Å². The van der Waals surface area contributed by atoms with Gasteiger partial charge in [-0.2, -0.15) is 0 Å². The molecule has 1 heterocycles. The first-order chi connectivity index (χ1) is 8.22. The van der Waals surface area contributed by atoms with E-state index >= 15 is 0 Å². The van der Waals surface area contributed by atoms with Crippen LogP contribution in [0.2, 0.25) is 0 Å². The molecule has 0 unspecified atom stereocenters. The van der Waals surface area contributed by atoms with Crippen LogP contribution >= 0.6 is 0 Å². The molecular weight excluding hydrogens is 223 g/mol. The number of hydrogen-bond donors (Lipinski definition) is 1. The molecule has 2 rings (SSSR count). The summed E-state index contributed by atoms with van der Waals surface area (Å²) in [5, 5.41) is 0. The summed E-state index contributed by atoms with van der Waals surface area (Å²) in [5.74, 6) is -0.209. The van der Waals surface area contributed by atoms with Crippen molar-refractivity contribution in [2.24, 2.45) is 0 Å². The van der Waals surface area contributed by atoms with Crippen LogP contribution in [0.5, 0.6) is 5.75 Å². The summed E-state index contributed by atoms with van der Waals surface area (Å²) in [6, 6.07) is 2.95. The molecule has 1 fully saturated rings. The summed E-state index contributed by atoms with van der Waals surface area (Å²) in [4.78, 5) is 2.10. The second kappa shape index (κ2) is 5.23. The van der Waals surface area contributed by atoms with Crippen molar-refractivity contribution >= 4 is 11.4 Å². The highest BCUT2D eigenvalue weighted by Crippen LogP contribution is 2.31. The van der Waals surface area contributed by atoms with E-state index in [1.807, 2.05) is 0 Å². The quantitative estimate of drug-likeness (QED) is 0.798. The molecule has 0 aliphatic carbocycles. The van der Waals surface area contributed by atoms with Crippen LogP contribution in [0.1, 0.15) is 6.42 Å². The zero-order chi connectivity index (χ0) is 12.3. The Bertz CT molecular complexity index is 390. The summed E-state index contributed by atoms with van der Waals surface area (Å²) in [5.41, 5.74) is 7.10. The van der Waals surface area contributed by atoms with E-state index in [0.29, 0.717) is 12.3 Å². The number of anilines is 2. The van der Waals surface area contributed by atoms with Crippen molar-refractivity contribution in [3.05, 3.63) is 17.9 Å². The van der Waals surface area contributed by atoms with Crippen molar-refractivity contribution in [1.29, 1.82) is 0 Å². The first-order valence-corrected chi connectivity index (χ1v) is 5.68. The van der Waals surface area contributed by atoms with E-state index in [2.05, 4.69) is 4.90 Å². The van der Waals surface area contributed by atoms with Crippen molar-refractivity contribution in [2.75, 3.05) is 44.0 Å². The topological polar surface area (TPSA) is 47.7 Å². The number of nitrogen functional groups attached to an aromatic ring is 1. The van der Waals surface area contributed by atoms with Crippen molar-refractivity contribution in [1.82, 2.24) is 0 Å². The van der Waals surface area contributed by atoms with E-state index in [1.165, 1.54) is 13.2 Å². The first kappa shape index (κ1) is 12.0. The zero-order valence-electron chi connectivity index (χ0n) is 9.91. The first-order valence-electron chi connectivity index (χ1n) is 5.68. The Kier molecular flexibility index (Phi) is 3.68. The molecule has 4 nitrogen and oxygen atoms in total. The molecule has 5 heteroatoms. The highest BCUT2D eigenvalue weighted by Gasteiger charge is 2.15. The van der Waals surface area contributed by atoms with E-state index < -0.39 is 5.82 Å². The number of rotatable bonds is 2. The third kappa shape index (κ3) is 2.61. The number of nitrogens with two attached hydrogens (primary N) is 1. The molecule has 0 radical (unpaired) electrons. The Morgan fingerprint density at radius 3 is 2.94 bits per heavy atom. The predicted molar refractivity (Wildman–Crippen MR) is 65.0 cm³/mol. The lowest BCUT2D eigenvalue weighted by atomic mass is 10.2. The van der Waals surface area contributed by atoms with E-state index in [0.717, 1.165) is 31.8 Å². The second-order valence-corrected chi connectivity index (χ2v) is 4.00. The maximum Gasteiger partial charge on any atom is 0.167 e. The monoisotopic (exact) mass is 240 g/mol. The molecule has 0 amide bonds. The number of benzene rings is 1. The molecule has 0 saturated carbocycles. The van der Waals surface area contributed by atoms with Gasteiger partial charge in [-0.25, -0.2) is 4.39 Å². The molecule has 1 saturated heterocycles. The maximum absolute atomic E-state index is 13.4. The molecule has 0 bridgehead atoms. The number of nitrogens with zero attached hydrogens (tertiary/aromatic N) is 1. The van der Waals surface area contributed by atoms with Gasteiger partial charge in [-0.05, 0) is 6.42 Å². The molecule has 1 aliphatic rings. The van der Waals surface area contributed by atoms with Gasteiger partial charge in [-0.15, -0.1) is 0 Å². The molecule has 1 aromatic rings. The third-order valence-electron chi connectivity index (χ3n) is 2.86. The number of methoxy groups -OCH3 is 1. The van der Waals surface area contributed by atoms with Crippen LogP contribution in [0.4, 0.5) is 15.8 Å². The van der Waals surface area contributed by atoms with Gasteiger partial charge in [0.05, 0.1) is 25.1 Å². The summed E-state index contributed by atoms with van der Waals surface area (Å²) in [6.45, 7) is 3.05. The molecule has 94 valence electrons. The van der Waals surface area contributed by atoms with Gasteiger partial charge in [0.1, 0.15) is 0 Å². The molecule has 0 spiro atoms. The van der Waals surface area contributed by atoms with E-state index in [9.17, 15) is 4.39 Å². The summed E-state index contributed by atoms with van der Waals surface area (Å²) in [7, 11) is 1.45. The summed E-state index contributed by atoms with van der Waals surface area (Å²) >= 11 is 0. The standard InChI is InChI=1S/C12H17FN2O2/c1-16-12-8-11(10(14)7-9(12)13)15-3-2-5-17-6-4-15/h7-8H,2-6,14H2,1H3. The fourth-order valence-corrected chi connectivity index (χ4v) is 1.98. The average Bonchev–Trinajstić information content (AvgIpc) is 2.58. The minimum absolute atomic E-state index is 0.222. The fraction of sp³-hybridized carbons (Fsp3) is 0.500. The van der Waals surface area contributed by atoms with Crippen molar-refractivity contribution in [3.63, 3.8) is 0 Å². The summed E-state index contributed by atoms with van der Waals surface area (Å²) < 4.78 is 23.8. The fourth-order valence-electron chi connectivity index (χ4n) is 1.98. The van der Waals surface area contributed by atoms with E-state index in [-0.39, 0.29) is 5.75 Å². The number of ether oxygens (including phenoxy) is 2. The molecule has 1 aliphatic heterocycles.